The molecule has 0 saturated carbocycles. The van der Waals surface area contributed by atoms with Gasteiger partial charge in [-0.1, -0.05) is 18.5 Å². The molecule has 22 heavy (non-hydrogen) atoms. The molecule has 9 heteroatoms. The maximum absolute atomic E-state index is 12.2. The molecule has 122 valence electrons. The average Bonchev–Trinajstić information content (AvgIpc) is 2.88. The third-order valence-electron chi connectivity index (χ3n) is 3.75. The van der Waals surface area contributed by atoms with Crippen molar-refractivity contribution in [3.8, 4) is 0 Å². The molecule has 1 saturated heterocycles. The van der Waals surface area contributed by atoms with Gasteiger partial charge in [-0.3, -0.25) is 4.79 Å². The number of carboxylic acid groups (broad SMARTS) is 1. The maximum Gasteiger partial charge on any atom is 0.407 e. The summed E-state index contributed by atoms with van der Waals surface area (Å²) in [7, 11) is 1.49. The molecule has 0 aliphatic carbocycles. The number of halogens is 1. The van der Waals surface area contributed by atoms with Crippen molar-refractivity contribution in [3.63, 3.8) is 0 Å². The van der Waals surface area contributed by atoms with Gasteiger partial charge in [0, 0.05) is 13.7 Å². The first-order valence-corrected chi connectivity index (χ1v) is 7.40. The standard InChI is InChI=1S/C13H19ClN4O4/c1-3-7-10(14)17-11(15-7)12(19)16-8-4-5-18(13(20)21)6-9(8)22-2/h8-9H,3-6H2,1-2H3,(H,15,17)(H,16,19)(H,20,21)/t8-,9+/m0/s1. The fourth-order valence-corrected chi connectivity index (χ4v) is 2.73. The van der Waals surface area contributed by atoms with Crippen molar-refractivity contribution in [2.45, 2.75) is 31.9 Å². The second kappa shape index (κ2) is 6.97. The molecule has 1 aliphatic rings. The number of H-pyrrole nitrogens is 1. The molecule has 1 aromatic rings. The Kier molecular flexibility index (Phi) is 5.25. The second-order valence-corrected chi connectivity index (χ2v) is 5.44. The summed E-state index contributed by atoms with van der Waals surface area (Å²) in [6.45, 7) is 2.47. The summed E-state index contributed by atoms with van der Waals surface area (Å²) in [6.07, 6.45) is -0.260. The zero-order valence-electron chi connectivity index (χ0n) is 12.4. The second-order valence-electron chi connectivity index (χ2n) is 5.08. The number of carbonyl (C=O) groups is 2. The number of aromatic amines is 1. The summed E-state index contributed by atoms with van der Waals surface area (Å²) in [5.41, 5.74) is 0.704. The topological polar surface area (TPSA) is 108 Å². The molecular weight excluding hydrogens is 312 g/mol. The monoisotopic (exact) mass is 330 g/mol. The van der Waals surface area contributed by atoms with Crippen LogP contribution in [0.5, 0.6) is 0 Å². The molecule has 0 unspecified atom stereocenters. The van der Waals surface area contributed by atoms with Crippen LogP contribution in [-0.2, 0) is 11.2 Å². The zero-order valence-corrected chi connectivity index (χ0v) is 13.2. The van der Waals surface area contributed by atoms with Crippen LogP contribution in [0.1, 0.15) is 29.7 Å². The predicted molar refractivity (Wildman–Crippen MR) is 79.2 cm³/mol. The summed E-state index contributed by atoms with van der Waals surface area (Å²) in [5, 5.41) is 12.1. The van der Waals surface area contributed by atoms with Gasteiger partial charge in [0.2, 0.25) is 0 Å². The lowest BCUT2D eigenvalue weighted by molar-refractivity contribution is 0.0100. The van der Waals surface area contributed by atoms with Crippen molar-refractivity contribution >= 4 is 23.6 Å². The molecule has 0 bridgehead atoms. The highest BCUT2D eigenvalue weighted by atomic mass is 35.5. The normalized spacial score (nSPS) is 21.7. The van der Waals surface area contributed by atoms with E-state index in [1.165, 1.54) is 12.0 Å². The van der Waals surface area contributed by atoms with E-state index in [2.05, 4.69) is 15.3 Å². The molecule has 2 rings (SSSR count). The van der Waals surface area contributed by atoms with Crippen LogP contribution in [0.3, 0.4) is 0 Å². The van der Waals surface area contributed by atoms with E-state index in [-0.39, 0.29) is 29.5 Å². The Morgan fingerprint density at radius 1 is 1.59 bits per heavy atom. The van der Waals surface area contributed by atoms with E-state index in [0.717, 1.165) is 0 Å². The molecule has 1 aliphatic heterocycles. The third-order valence-corrected chi connectivity index (χ3v) is 4.06. The molecular formula is C13H19ClN4O4. The fourth-order valence-electron chi connectivity index (χ4n) is 2.46. The van der Waals surface area contributed by atoms with Crippen LogP contribution in [0.4, 0.5) is 4.79 Å². The van der Waals surface area contributed by atoms with Crippen LogP contribution < -0.4 is 5.32 Å². The number of imidazole rings is 1. The first-order valence-electron chi connectivity index (χ1n) is 7.02. The van der Waals surface area contributed by atoms with Gasteiger partial charge in [0.1, 0.15) is 0 Å². The van der Waals surface area contributed by atoms with Gasteiger partial charge in [0.15, 0.2) is 11.0 Å². The Morgan fingerprint density at radius 2 is 2.32 bits per heavy atom. The lowest BCUT2D eigenvalue weighted by Gasteiger charge is -2.36. The van der Waals surface area contributed by atoms with Gasteiger partial charge in [-0.25, -0.2) is 9.78 Å². The number of carbonyl (C=O) groups excluding carboxylic acids is 1. The third kappa shape index (κ3) is 3.50. The minimum Gasteiger partial charge on any atom is -0.465 e. The Balaban J connectivity index is 2.02. The van der Waals surface area contributed by atoms with Crippen LogP contribution in [0, 0.1) is 0 Å². The quantitative estimate of drug-likeness (QED) is 0.767. The number of aromatic nitrogens is 2. The van der Waals surface area contributed by atoms with E-state index in [4.69, 9.17) is 21.4 Å². The molecule has 0 aromatic carbocycles. The summed E-state index contributed by atoms with van der Waals surface area (Å²) in [6, 6.07) is -0.276. The number of ether oxygens (including phenoxy) is 1. The van der Waals surface area contributed by atoms with Gasteiger partial charge in [-0.15, -0.1) is 0 Å². The number of aryl methyl sites for hydroxylation is 1. The lowest BCUT2D eigenvalue weighted by Crippen LogP contribution is -2.55. The van der Waals surface area contributed by atoms with Crippen molar-refractivity contribution < 1.29 is 19.4 Å². The Labute approximate surface area is 132 Å². The maximum atomic E-state index is 12.2. The molecule has 3 N–H and O–H groups in total. The summed E-state index contributed by atoms with van der Waals surface area (Å²) < 4.78 is 5.29. The van der Waals surface area contributed by atoms with Gasteiger partial charge in [0.05, 0.1) is 24.4 Å². The summed E-state index contributed by atoms with van der Waals surface area (Å²) in [5.74, 6) is -0.227. The molecule has 0 spiro atoms. The Hall–Kier alpha value is -1.80. The number of rotatable bonds is 4. The SMILES string of the molecule is CCc1[nH]c(C(=O)N[C@H]2CCN(C(=O)O)C[C@H]2OC)nc1Cl. The largest absolute Gasteiger partial charge is 0.465 e. The number of likely N-dealkylation sites (tertiary alicyclic amines) is 1. The van der Waals surface area contributed by atoms with Gasteiger partial charge < -0.3 is 25.0 Å². The van der Waals surface area contributed by atoms with Crippen molar-refractivity contribution in [2.24, 2.45) is 0 Å². The van der Waals surface area contributed by atoms with Gasteiger partial charge in [-0.2, -0.15) is 0 Å². The van der Waals surface area contributed by atoms with Crippen molar-refractivity contribution in [2.75, 3.05) is 20.2 Å². The fraction of sp³-hybridized carbons (Fsp3) is 0.615. The summed E-state index contributed by atoms with van der Waals surface area (Å²) >= 11 is 5.92. The number of hydrogen-bond donors (Lipinski definition) is 3. The highest BCUT2D eigenvalue weighted by Gasteiger charge is 2.33. The summed E-state index contributed by atoms with van der Waals surface area (Å²) in [4.78, 5) is 31.4. The number of nitrogens with one attached hydrogen (secondary N) is 2. The molecule has 1 fully saturated rings. The number of piperidine rings is 1. The smallest absolute Gasteiger partial charge is 0.407 e. The first kappa shape index (κ1) is 16.6. The lowest BCUT2D eigenvalue weighted by atomic mass is 10.0. The van der Waals surface area contributed by atoms with Gasteiger partial charge in [-0.05, 0) is 12.8 Å². The Morgan fingerprint density at radius 3 is 2.86 bits per heavy atom. The van der Waals surface area contributed by atoms with Crippen molar-refractivity contribution in [1.82, 2.24) is 20.2 Å². The van der Waals surface area contributed by atoms with E-state index in [9.17, 15) is 9.59 Å². The Bertz CT molecular complexity index is 562. The minimum absolute atomic E-state index is 0.150. The molecule has 0 radical (unpaired) electrons. The van der Waals surface area contributed by atoms with Crippen LogP contribution in [0.15, 0.2) is 0 Å². The van der Waals surface area contributed by atoms with Crippen LogP contribution >= 0.6 is 11.6 Å². The zero-order chi connectivity index (χ0) is 16.3. The van der Waals surface area contributed by atoms with Gasteiger partial charge in [0.25, 0.3) is 5.91 Å². The van der Waals surface area contributed by atoms with Gasteiger partial charge >= 0.3 is 6.09 Å². The van der Waals surface area contributed by atoms with E-state index < -0.39 is 12.2 Å². The molecule has 8 nitrogen and oxygen atoms in total. The number of methoxy groups -OCH3 is 1. The van der Waals surface area contributed by atoms with E-state index in [1.807, 2.05) is 6.92 Å². The van der Waals surface area contributed by atoms with Crippen molar-refractivity contribution in [3.05, 3.63) is 16.7 Å². The van der Waals surface area contributed by atoms with Crippen LogP contribution in [0.2, 0.25) is 5.15 Å². The van der Waals surface area contributed by atoms with Crippen molar-refractivity contribution in [1.29, 1.82) is 0 Å². The van der Waals surface area contributed by atoms with Crippen LogP contribution in [-0.4, -0.2) is 64.3 Å². The van der Waals surface area contributed by atoms with E-state index >= 15 is 0 Å². The van der Waals surface area contributed by atoms with E-state index in [1.54, 1.807) is 0 Å². The highest BCUT2D eigenvalue weighted by Crippen LogP contribution is 2.16. The number of nitrogens with zero attached hydrogens (tertiary/aromatic N) is 2. The minimum atomic E-state index is -0.989. The molecule has 2 amide bonds. The van der Waals surface area contributed by atoms with Crippen LogP contribution in [0.25, 0.3) is 0 Å². The average molecular weight is 331 g/mol. The molecule has 2 heterocycles. The van der Waals surface area contributed by atoms with E-state index in [0.29, 0.717) is 25.1 Å². The number of amides is 2. The highest BCUT2D eigenvalue weighted by molar-refractivity contribution is 6.30. The number of hydrogen-bond acceptors (Lipinski definition) is 4. The first-order chi connectivity index (χ1) is 10.5. The molecule has 2 atom stereocenters. The predicted octanol–water partition coefficient (Wildman–Crippen LogP) is 1.12. The molecule has 1 aromatic heterocycles.